The van der Waals surface area contributed by atoms with Gasteiger partial charge in [0.2, 0.25) is 5.91 Å². The molecule has 0 aromatic rings. The maximum absolute atomic E-state index is 12.7. The second-order valence-electron chi connectivity index (χ2n) is 6.73. The van der Waals surface area contributed by atoms with Crippen LogP contribution in [-0.4, -0.2) is 29.8 Å². The molecule has 0 aromatic carbocycles. The summed E-state index contributed by atoms with van der Waals surface area (Å²) < 4.78 is 0. The van der Waals surface area contributed by atoms with Crippen molar-refractivity contribution in [2.75, 3.05) is 19.0 Å². The fraction of sp³-hybridized carbons (Fsp3) is 0.933. The molecule has 2 nitrogen and oxygen atoms in total. The van der Waals surface area contributed by atoms with Crippen molar-refractivity contribution < 1.29 is 4.79 Å². The van der Waals surface area contributed by atoms with Gasteiger partial charge in [-0.25, -0.2) is 0 Å². The van der Waals surface area contributed by atoms with Gasteiger partial charge in [-0.3, -0.25) is 4.79 Å². The summed E-state index contributed by atoms with van der Waals surface area (Å²) >= 11 is 5.95. The van der Waals surface area contributed by atoms with Crippen LogP contribution in [0.3, 0.4) is 0 Å². The van der Waals surface area contributed by atoms with Crippen LogP contribution in [-0.2, 0) is 4.79 Å². The highest BCUT2D eigenvalue weighted by Crippen LogP contribution is 2.41. The van der Waals surface area contributed by atoms with Crippen LogP contribution >= 0.6 is 11.6 Å². The summed E-state index contributed by atoms with van der Waals surface area (Å²) in [6.45, 7) is 6.35. The molecule has 2 fully saturated rings. The minimum Gasteiger partial charge on any atom is -0.342 e. The number of likely N-dealkylation sites (tertiary alicyclic amines) is 1. The summed E-state index contributed by atoms with van der Waals surface area (Å²) in [6.07, 6.45) is 7.06. The number of halogens is 1. The zero-order chi connectivity index (χ0) is 13.2. The molecule has 0 spiro atoms. The maximum Gasteiger partial charge on any atom is 0.226 e. The van der Waals surface area contributed by atoms with Gasteiger partial charge in [0.05, 0.1) is 0 Å². The minimum absolute atomic E-state index is 0.184. The predicted molar refractivity (Wildman–Crippen MR) is 75.8 cm³/mol. The molecule has 1 saturated carbocycles. The maximum atomic E-state index is 12.7. The summed E-state index contributed by atoms with van der Waals surface area (Å²) in [5.74, 6) is 1.84. The van der Waals surface area contributed by atoms with Crippen LogP contribution in [0, 0.1) is 17.3 Å². The third-order valence-electron chi connectivity index (χ3n) is 4.85. The Kier molecular flexibility index (Phi) is 4.58. The molecule has 0 bridgehead atoms. The molecule has 2 unspecified atom stereocenters. The molecule has 1 aliphatic carbocycles. The fourth-order valence-corrected chi connectivity index (χ4v) is 3.82. The van der Waals surface area contributed by atoms with Gasteiger partial charge in [0.1, 0.15) is 0 Å². The standard InChI is InChI=1S/C15H26ClNO/c1-15(2)8-4-3-7-13(15)14(18)17-9-5-6-12(10-16)11-17/h12-13H,3-11H2,1-2H3. The first-order valence-corrected chi connectivity index (χ1v) is 7.93. The first kappa shape index (κ1) is 14.2. The molecule has 0 aromatic heterocycles. The van der Waals surface area contributed by atoms with Gasteiger partial charge in [0, 0.05) is 24.9 Å². The highest BCUT2D eigenvalue weighted by molar-refractivity contribution is 6.18. The van der Waals surface area contributed by atoms with Gasteiger partial charge in [-0.1, -0.05) is 26.7 Å². The molecule has 1 heterocycles. The molecule has 3 heteroatoms. The van der Waals surface area contributed by atoms with Gasteiger partial charge in [-0.15, -0.1) is 11.6 Å². The highest BCUT2D eigenvalue weighted by Gasteiger charge is 2.39. The van der Waals surface area contributed by atoms with E-state index in [2.05, 4.69) is 18.7 Å². The number of hydrogen-bond acceptors (Lipinski definition) is 1. The Labute approximate surface area is 116 Å². The van der Waals surface area contributed by atoms with Crippen LogP contribution in [0.4, 0.5) is 0 Å². The SMILES string of the molecule is CC1(C)CCCCC1C(=O)N1CCCC(CCl)C1. The van der Waals surface area contributed by atoms with E-state index in [0.717, 1.165) is 25.9 Å². The van der Waals surface area contributed by atoms with Crippen molar-refractivity contribution in [3.05, 3.63) is 0 Å². The topological polar surface area (TPSA) is 20.3 Å². The lowest BCUT2D eigenvalue weighted by atomic mass is 9.68. The third-order valence-corrected chi connectivity index (χ3v) is 5.29. The lowest BCUT2D eigenvalue weighted by Crippen LogP contribution is -2.47. The van der Waals surface area contributed by atoms with Crippen molar-refractivity contribution >= 4 is 17.5 Å². The molecule has 1 saturated heterocycles. The number of carbonyl (C=O) groups excluding carboxylic acids is 1. The number of nitrogens with zero attached hydrogens (tertiary/aromatic N) is 1. The summed E-state index contributed by atoms with van der Waals surface area (Å²) in [5.41, 5.74) is 0.184. The van der Waals surface area contributed by atoms with Crippen LogP contribution in [0.5, 0.6) is 0 Å². The number of piperidine rings is 1. The minimum atomic E-state index is 0.184. The second-order valence-corrected chi connectivity index (χ2v) is 7.04. The zero-order valence-corrected chi connectivity index (χ0v) is 12.5. The molecule has 0 radical (unpaired) electrons. The molecular formula is C15H26ClNO. The Morgan fingerprint density at radius 2 is 2.06 bits per heavy atom. The molecule has 2 aliphatic rings. The zero-order valence-electron chi connectivity index (χ0n) is 11.8. The van der Waals surface area contributed by atoms with Gasteiger partial charge in [0.15, 0.2) is 0 Å². The molecule has 1 aliphatic heterocycles. The normalized spacial score (nSPS) is 32.3. The Bertz CT molecular complexity index is 303. The van der Waals surface area contributed by atoms with E-state index in [9.17, 15) is 4.79 Å². The van der Waals surface area contributed by atoms with E-state index in [1.807, 2.05) is 0 Å². The summed E-state index contributed by atoms with van der Waals surface area (Å²) in [5, 5.41) is 0. The van der Waals surface area contributed by atoms with Crippen LogP contribution in [0.25, 0.3) is 0 Å². The average molecular weight is 272 g/mol. The Morgan fingerprint density at radius 1 is 1.28 bits per heavy atom. The average Bonchev–Trinajstić information content (AvgIpc) is 2.37. The largest absolute Gasteiger partial charge is 0.342 e. The molecule has 2 rings (SSSR count). The van der Waals surface area contributed by atoms with E-state index in [1.165, 1.54) is 25.7 Å². The van der Waals surface area contributed by atoms with Crippen LogP contribution in [0.1, 0.15) is 52.4 Å². The van der Waals surface area contributed by atoms with Crippen molar-refractivity contribution in [1.82, 2.24) is 4.90 Å². The number of amides is 1. The molecule has 104 valence electrons. The van der Waals surface area contributed by atoms with Crippen molar-refractivity contribution in [3.63, 3.8) is 0 Å². The van der Waals surface area contributed by atoms with E-state index in [0.29, 0.717) is 17.7 Å². The number of hydrogen-bond donors (Lipinski definition) is 0. The van der Waals surface area contributed by atoms with Crippen LogP contribution in [0.15, 0.2) is 0 Å². The van der Waals surface area contributed by atoms with E-state index in [4.69, 9.17) is 11.6 Å². The van der Waals surface area contributed by atoms with Crippen molar-refractivity contribution in [1.29, 1.82) is 0 Å². The van der Waals surface area contributed by atoms with E-state index >= 15 is 0 Å². The van der Waals surface area contributed by atoms with Crippen LogP contribution in [0.2, 0.25) is 0 Å². The molecule has 2 atom stereocenters. The van der Waals surface area contributed by atoms with Gasteiger partial charge in [0.25, 0.3) is 0 Å². The van der Waals surface area contributed by atoms with Gasteiger partial charge >= 0.3 is 0 Å². The molecular weight excluding hydrogens is 246 g/mol. The smallest absolute Gasteiger partial charge is 0.226 e. The Balaban J connectivity index is 2.01. The lowest BCUT2D eigenvalue weighted by molar-refractivity contribution is -0.142. The Hall–Kier alpha value is -0.240. The summed E-state index contributed by atoms with van der Waals surface area (Å²) in [6, 6.07) is 0. The van der Waals surface area contributed by atoms with E-state index in [1.54, 1.807) is 0 Å². The summed E-state index contributed by atoms with van der Waals surface area (Å²) in [4.78, 5) is 14.8. The molecule has 0 N–H and O–H groups in total. The Morgan fingerprint density at radius 3 is 2.72 bits per heavy atom. The first-order chi connectivity index (χ1) is 8.54. The number of carbonyl (C=O) groups is 1. The first-order valence-electron chi connectivity index (χ1n) is 7.39. The van der Waals surface area contributed by atoms with Gasteiger partial charge in [-0.2, -0.15) is 0 Å². The third kappa shape index (κ3) is 3.01. The van der Waals surface area contributed by atoms with Gasteiger partial charge in [-0.05, 0) is 37.0 Å². The number of alkyl halides is 1. The monoisotopic (exact) mass is 271 g/mol. The predicted octanol–water partition coefficient (Wildman–Crippen LogP) is 3.68. The fourth-order valence-electron chi connectivity index (χ4n) is 3.56. The van der Waals surface area contributed by atoms with Crippen molar-refractivity contribution in [2.24, 2.45) is 17.3 Å². The van der Waals surface area contributed by atoms with E-state index in [-0.39, 0.29) is 11.3 Å². The van der Waals surface area contributed by atoms with Crippen molar-refractivity contribution in [3.8, 4) is 0 Å². The van der Waals surface area contributed by atoms with E-state index < -0.39 is 0 Å². The lowest BCUT2D eigenvalue weighted by Gasteiger charge is -2.42. The van der Waals surface area contributed by atoms with Gasteiger partial charge < -0.3 is 4.90 Å². The number of rotatable bonds is 2. The van der Waals surface area contributed by atoms with Crippen LogP contribution < -0.4 is 0 Å². The quantitative estimate of drug-likeness (QED) is 0.702. The summed E-state index contributed by atoms with van der Waals surface area (Å²) in [7, 11) is 0. The second kappa shape index (κ2) is 5.81. The van der Waals surface area contributed by atoms with Crippen molar-refractivity contribution in [2.45, 2.75) is 52.4 Å². The molecule has 18 heavy (non-hydrogen) atoms. The molecule has 1 amide bonds. The highest BCUT2D eigenvalue weighted by atomic mass is 35.5.